The largest absolute Gasteiger partial charge is 0.444 e. The van der Waals surface area contributed by atoms with Gasteiger partial charge in [0.25, 0.3) is 0 Å². The first-order valence-electron chi connectivity index (χ1n) is 4.47. The summed E-state index contributed by atoms with van der Waals surface area (Å²) < 4.78 is 5.90. The molecule has 0 bridgehead atoms. The van der Waals surface area contributed by atoms with Crippen LogP contribution in [0.2, 0.25) is 0 Å². The van der Waals surface area contributed by atoms with Gasteiger partial charge in [-0.3, -0.25) is 0 Å². The van der Waals surface area contributed by atoms with Crippen molar-refractivity contribution in [3.8, 4) is 0 Å². The lowest BCUT2D eigenvalue weighted by molar-refractivity contribution is 0.0523. The van der Waals surface area contributed by atoms with E-state index in [4.69, 9.17) is 4.74 Å². The molecule has 84 valence electrons. The maximum Gasteiger partial charge on any atom is 0.408 e. The van der Waals surface area contributed by atoms with Crippen LogP contribution in [0.15, 0.2) is 10.4 Å². The standard InChI is InChI=1S/C9H14N2O2S2/c1-9(2,3)13-8(12)11-4-6-10-5-7(14)15-6/h5,14H,4H2,1-3H3,(H,11,12). The van der Waals surface area contributed by atoms with Crippen molar-refractivity contribution in [2.75, 3.05) is 0 Å². The van der Waals surface area contributed by atoms with Gasteiger partial charge in [0, 0.05) is 0 Å². The highest BCUT2D eigenvalue weighted by Crippen LogP contribution is 2.16. The molecule has 0 unspecified atom stereocenters. The van der Waals surface area contributed by atoms with E-state index in [-0.39, 0.29) is 0 Å². The molecular weight excluding hydrogens is 232 g/mol. The first kappa shape index (κ1) is 12.3. The zero-order valence-corrected chi connectivity index (χ0v) is 10.6. The SMILES string of the molecule is CC(C)(C)OC(=O)NCc1ncc(S)s1. The summed E-state index contributed by atoms with van der Waals surface area (Å²) in [6, 6.07) is 0. The normalized spacial score (nSPS) is 11.2. The molecule has 0 fully saturated rings. The van der Waals surface area contributed by atoms with Crippen LogP contribution in [0.3, 0.4) is 0 Å². The topological polar surface area (TPSA) is 51.2 Å². The molecule has 1 amide bonds. The van der Waals surface area contributed by atoms with Crippen molar-refractivity contribution < 1.29 is 9.53 Å². The highest BCUT2D eigenvalue weighted by Gasteiger charge is 2.15. The van der Waals surface area contributed by atoms with Crippen molar-refractivity contribution in [2.24, 2.45) is 0 Å². The Morgan fingerprint density at radius 2 is 2.33 bits per heavy atom. The van der Waals surface area contributed by atoms with Gasteiger partial charge in [0.2, 0.25) is 0 Å². The van der Waals surface area contributed by atoms with Crippen LogP contribution in [0.1, 0.15) is 25.8 Å². The second-order valence-electron chi connectivity index (χ2n) is 3.95. The van der Waals surface area contributed by atoms with E-state index in [2.05, 4.69) is 22.9 Å². The van der Waals surface area contributed by atoms with E-state index in [0.29, 0.717) is 6.54 Å². The number of ether oxygens (including phenoxy) is 1. The van der Waals surface area contributed by atoms with Crippen LogP contribution in [0.25, 0.3) is 0 Å². The van der Waals surface area contributed by atoms with E-state index >= 15 is 0 Å². The van der Waals surface area contributed by atoms with Crippen molar-refractivity contribution in [1.82, 2.24) is 10.3 Å². The Bertz CT molecular complexity index is 344. The van der Waals surface area contributed by atoms with E-state index < -0.39 is 11.7 Å². The number of aromatic nitrogens is 1. The second-order valence-corrected chi connectivity index (χ2v) is 5.85. The maximum atomic E-state index is 11.3. The van der Waals surface area contributed by atoms with Gasteiger partial charge < -0.3 is 10.1 Å². The summed E-state index contributed by atoms with van der Waals surface area (Å²) in [7, 11) is 0. The molecular formula is C9H14N2O2S2. The zero-order valence-electron chi connectivity index (χ0n) is 8.90. The van der Waals surface area contributed by atoms with E-state index in [1.54, 1.807) is 6.20 Å². The number of rotatable bonds is 2. The summed E-state index contributed by atoms with van der Waals surface area (Å²) in [6.45, 7) is 5.84. The molecule has 0 aliphatic heterocycles. The van der Waals surface area contributed by atoms with Crippen molar-refractivity contribution >= 4 is 30.1 Å². The van der Waals surface area contributed by atoms with Crippen LogP contribution in [0.4, 0.5) is 4.79 Å². The molecule has 0 atom stereocenters. The third kappa shape index (κ3) is 5.03. The molecule has 0 saturated carbocycles. The maximum absolute atomic E-state index is 11.3. The smallest absolute Gasteiger partial charge is 0.408 e. The highest BCUT2D eigenvalue weighted by molar-refractivity contribution is 7.82. The first-order valence-corrected chi connectivity index (χ1v) is 5.74. The van der Waals surface area contributed by atoms with Crippen molar-refractivity contribution in [1.29, 1.82) is 0 Å². The molecule has 6 heteroatoms. The fraction of sp³-hybridized carbons (Fsp3) is 0.556. The van der Waals surface area contributed by atoms with E-state index in [9.17, 15) is 4.79 Å². The van der Waals surface area contributed by atoms with Crippen LogP contribution < -0.4 is 5.32 Å². The number of nitrogens with one attached hydrogen (secondary N) is 1. The van der Waals surface area contributed by atoms with Crippen LogP contribution in [-0.4, -0.2) is 16.7 Å². The number of nitrogens with zero attached hydrogens (tertiary/aromatic N) is 1. The quantitative estimate of drug-likeness (QED) is 0.788. The van der Waals surface area contributed by atoms with Gasteiger partial charge >= 0.3 is 6.09 Å². The van der Waals surface area contributed by atoms with Crippen LogP contribution in [-0.2, 0) is 11.3 Å². The third-order valence-electron chi connectivity index (χ3n) is 1.32. The number of alkyl carbamates (subject to hydrolysis) is 1. The summed E-state index contributed by atoms with van der Waals surface area (Å²) in [4.78, 5) is 15.3. The Kier molecular flexibility index (Phi) is 3.98. The number of amides is 1. The molecule has 0 radical (unpaired) electrons. The van der Waals surface area contributed by atoms with E-state index in [1.165, 1.54) is 11.3 Å². The molecule has 1 aromatic heterocycles. The number of hydrogen-bond acceptors (Lipinski definition) is 5. The van der Waals surface area contributed by atoms with Crippen molar-refractivity contribution in [3.63, 3.8) is 0 Å². The third-order valence-corrected chi connectivity index (χ3v) is 2.51. The number of carbonyl (C=O) groups excluding carboxylic acids is 1. The predicted octanol–water partition coefficient (Wildman–Crippen LogP) is 2.46. The van der Waals surface area contributed by atoms with E-state index in [1.807, 2.05) is 20.8 Å². The Balaban J connectivity index is 2.35. The summed E-state index contributed by atoms with van der Waals surface area (Å²) in [5.74, 6) is 0. The van der Waals surface area contributed by atoms with Crippen LogP contribution in [0, 0.1) is 0 Å². The minimum absolute atomic E-state index is 0.375. The summed E-state index contributed by atoms with van der Waals surface area (Å²) in [6.07, 6.45) is 1.22. The number of carbonyl (C=O) groups is 1. The van der Waals surface area contributed by atoms with Gasteiger partial charge in [0.05, 0.1) is 17.0 Å². The summed E-state index contributed by atoms with van der Waals surface area (Å²) in [5, 5.41) is 3.43. The fourth-order valence-electron chi connectivity index (χ4n) is 0.844. The Labute approximate surface area is 98.5 Å². The van der Waals surface area contributed by atoms with Gasteiger partial charge in [0.15, 0.2) is 0 Å². The lowest BCUT2D eigenvalue weighted by Gasteiger charge is -2.19. The minimum Gasteiger partial charge on any atom is -0.444 e. The van der Waals surface area contributed by atoms with Gasteiger partial charge in [0.1, 0.15) is 10.6 Å². The molecule has 1 heterocycles. The number of thiazole rings is 1. The average molecular weight is 246 g/mol. The fourth-order valence-corrected chi connectivity index (χ4v) is 1.81. The lowest BCUT2D eigenvalue weighted by Crippen LogP contribution is -2.32. The molecule has 0 saturated heterocycles. The van der Waals surface area contributed by atoms with Crippen molar-refractivity contribution in [3.05, 3.63) is 11.2 Å². The van der Waals surface area contributed by atoms with Gasteiger partial charge in [-0.1, -0.05) is 0 Å². The summed E-state index contributed by atoms with van der Waals surface area (Å²) >= 11 is 5.56. The molecule has 4 nitrogen and oxygen atoms in total. The Morgan fingerprint density at radius 3 is 2.80 bits per heavy atom. The lowest BCUT2D eigenvalue weighted by atomic mass is 10.2. The summed E-state index contributed by atoms with van der Waals surface area (Å²) in [5.41, 5.74) is -0.471. The molecule has 1 rings (SSSR count). The van der Waals surface area contributed by atoms with Crippen LogP contribution in [0.5, 0.6) is 0 Å². The Hall–Kier alpha value is -0.750. The molecule has 0 aliphatic rings. The molecule has 1 N–H and O–H groups in total. The molecule has 15 heavy (non-hydrogen) atoms. The van der Waals surface area contributed by atoms with Crippen molar-refractivity contribution in [2.45, 2.75) is 37.1 Å². The van der Waals surface area contributed by atoms with Gasteiger partial charge in [-0.05, 0) is 20.8 Å². The predicted molar refractivity (Wildman–Crippen MR) is 62.4 cm³/mol. The molecule has 0 spiro atoms. The highest BCUT2D eigenvalue weighted by atomic mass is 32.2. The van der Waals surface area contributed by atoms with Gasteiger partial charge in [-0.25, -0.2) is 9.78 Å². The average Bonchev–Trinajstić information content (AvgIpc) is 2.45. The minimum atomic E-state index is -0.471. The zero-order chi connectivity index (χ0) is 11.5. The second kappa shape index (κ2) is 4.85. The molecule has 1 aromatic rings. The molecule has 0 aliphatic carbocycles. The Morgan fingerprint density at radius 1 is 1.67 bits per heavy atom. The molecule has 0 aromatic carbocycles. The van der Waals surface area contributed by atoms with Gasteiger partial charge in [-0.2, -0.15) is 0 Å². The van der Waals surface area contributed by atoms with Gasteiger partial charge in [-0.15, -0.1) is 24.0 Å². The number of hydrogen-bond donors (Lipinski definition) is 2. The van der Waals surface area contributed by atoms with E-state index in [0.717, 1.165) is 9.22 Å². The van der Waals surface area contributed by atoms with Crippen LogP contribution >= 0.6 is 24.0 Å². The monoisotopic (exact) mass is 246 g/mol. The number of thiol groups is 1. The first-order chi connectivity index (χ1) is 6.87.